The summed E-state index contributed by atoms with van der Waals surface area (Å²) in [5.41, 5.74) is 0.269. The number of halogens is 1. The van der Waals surface area contributed by atoms with E-state index in [1.54, 1.807) is 11.9 Å². The first kappa shape index (κ1) is 12.8. The Bertz CT molecular complexity index is 447. The molecule has 18 heavy (non-hydrogen) atoms. The summed E-state index contributed by atoms with van der Waals surface area (Å²) in [7, 11) is 1.79. The summed E-state index contributed by atoms with van der Waals surface area (Å²) in [5, 5.41) is 14.2. The number of likely N-dealkylation sites (N-methyl/N-ethyl adjacent to an activating group) is 1. The lowest BCUT2D eigenvalue weighted by atomic mass is 10.2. The maximum absolute atomic E-state index is 13.0. The average Bonchev–Trinajstić information content (AvgIpc) is 2.81. The second-order valence-electron chi connectivity index (χ2n) is 4.56. The molecule has 0 aromatic heterocycles. The largest absolute Gasteiger partial charge is 0.367 e. The Balaban J connectivity index is 2.17. The fourth-order valence-electron chi connectivity index (χ4n) is 2.31. The second-order valence-corrected chi connectivity index (χ2v) is 4.56. The van der Waals surface area contributed by atoms with Crippen molar-refractivity contribution in [1.29, 1.82) is 0 Å². The molecule has 1 aromatic rings. The number of nitro groups is 1. The molecule has 1 aromatic carbocycles. The van der Waals surface area contributed by atoms with Gasteiger partial charge >= 0.3 is 0 Å². The van der Waals surface area contributed by atoms with Crippen molar-refractivity contribution in [2.45, 2.75) is 18.9 Å². The standard InChI is InChI=1S/C12H16FN3O2/c1-15(8-10-3-2-6-14-10)11-5-4-9(13)7-12(11)16(17)18/h4-5,7,10,14H,2-3,6,8H2,1H3. The van der Waals surface area contributed by atoms with Gasteiger partial charge in [0, 0.05) is 19.6 Å². The maximum Gasteiger partial charge on any atom is 0.295 e. The molecule has 1 unspecified atom stereocenters. The summed E-state index contributed by atoms with van der Waals surface area (Å²) in [6.45, 7) is 1.68. The van der Waals surface area contributed by atoms with Gasteiger partial charge in [0.2, 0.25) is 0 Å². The molecule has 0 bridgehead atoms. The van der Waals surface area contributed by atoms with Gasteiger partial charge in [-0.1, -0.05) is 0 Å². The van der Waals surface area contributed by atoms with E-state index in [1.165, 1.54) is 12.1 Å². The Hall–Kier alpha value is -1.69. The number of nitro benzene ring substituents is 1. The van der Waals surface area contributed by atoms with Crippen LogP contribution in [0, 0.1) is 15.9 Å². The predicted octanol–water partition coefficient (Wildman–Crippen LogP) is 1.92. The van der Waals surface area contributed by atoms with E-state index in [2.05, 4.69) is 5.32 Å². The predicted molar refractivity (Wildman–Crippen MR) is 67.3 cm³/mol. The van der Waals surface area contributed by atoms with Gasteiger partial charge < -0.3 is 10.2 Å². The molecule has 2 rings (SSSR count). The number of anilines is 1. The zero-order valence-corrected chi connectivity index (χ0v) is 10.2. The minimum Gasteiger partial charge on any atom is -0.367 e. The highest BCUT2D eigenvalue weighted by Crippen LogP contribution is 2.28. The summed E-state index contributed by atoms with van der Waals surface area (Å²) in [6.07, 6.45) is 2.20. The van der Waals surface area contributed by atoms with Crippen molar-refractivity contribution >= 4 is 11.4 Å². The third kappa shape index (κ3) is 2.76. The van der Waals surface area contributed by atoms with Gasteiger partial charge in [0.25, 0.3) is 5.69 Å². The fourth-order valence-corrected chi connectivity index (χ4v) is 2.31. The lowest BCUT2D eigenvalue weighted by Crippen LogP contribution is -2.35. The molecule has 0 aliphatic carbocycles. The molecule has 1 heterocycles. The third-order valence-electron chi connectivity index (χ3n) is 3.20. The molecule has 1 aliphatic rings. The monoisotopic (exact) mass is 253 g/mol. The zero-order valence-electron chi connectivity index (χ0n) is 10.2. The molecule has 1 atom stereocenters. The van der Waals surface area contributed by atoms with Gasteiger partial charge in [-0.05, 0) is 31.5 Å². The van der Waals surface area contributed by atoms with Gasteiger partial charge in [-0.15, -0.1) is 0 Å². The van der Waals surface area contributed by atoms with Crippen LogP contribution in [-0.2, 0) is 0 Å². The Morgan fingerprint density at radius 3 is 3.00 bits per heavy atom. The SMILES string of the molecule is CN(CC1CCCN1)c1ccc(F)cc1[N+](=O)[O-]. The van der Waals surface area contributed by atoms with Crippen molar-refractivity contribution in [3.63, 3.8) is 0 Å². The molecule has 6 heteroatoms. The van der Waals surface area contributed by atoms with Crippen LogP contribution in [-0.4, -0.2) is 31.1 Å². The quantitative estimate of drug-likeness (QED) is 0.658. The van der Waals surface area contributed by atoms with Crippen LogP contribution in [0.3, 0.4) is 0 Å². The summed E-state index contributed by atoms with van der Waals surface area (Å²) in [5.74, 6) is -0.585. The second kappa shape index (κ2) is 5.30. The van der Waals surface area contributed by atoms with Crippen molar-refractivity contribution in [1.82, 2.24) is 5.32 Å². The molecule has 98 valence electrons. The van der Waals surface area contributed by atoms with Crippen molar-refractivity contribution in [3.05, 3.63) is 34.1 Å². The van der Waals surface area contributed by atoms with Crippen molar-refractivity contribution in [3.8, 4) is 0 Å². The number of nitrogens with one attached hydrogen (secondary N) is 1. The summed E-state index contributed by atoms with van der Waals surface area (Å²) >= 11 is 0. The van der Waals surface area contributed by atoms with Crippen molar-refractivity contribution < 1.29 is 9.31 Å². The Labute approximate surface area is 105 Å². The maximum atomic E-state index is 13.0. The van der Waals surface area contributed by atoms with Crippen LogP contribution in [0.5, 0.6) is 0 Å². The van der Waals surface area contributed by atoms with E-state index in [9.17, 15) is 14.5 Å². The molecule has 1 fully saturated rings. The van der Waals surface area contributed by atoms with Crippen molar-refractivity contribution in [2.75, 3.05) is 25.0 Å². The van der Waals surface area contributed by atoms with Crippen LogP contribution in [0.2, 0.25) is 0 Å². The van der Waals surface area contributed by atoms with Gasteiger partial charge in [0.05, 0.1) is 11.0 Å². The first-order valence-electron chi connectivity index (χ1n) is 5.96. The lowest BCUT2D eigenvalue weighted by Gasteiger charge is -2.23. The zero-order chi connectivity index (χ0) is 13.1. The summed E-state index contributed by atoms with van der Waals surface area (Å²) in [4.78, 5) is 12.2. The van der Waals surface area contributed by atoms with Gasteiger partial charge in [-0.2, -0.15) is 0 Å². The molecule has 1 saturated heterocycles. The first-order chi connectivity index (χ1) is 8.58. The molecule has 0 amide bonds. The molecular weight excluding hydrogens is 237 g/mol. The van der Waals surface area contributed by atoms with E-state index in [1.807, 2.05) is 0 Å². The number of rotatable bonds is 4. The topological polar surface area (TPSA) is 58.4 Å². The lowest BCUT2D eigenvalue weighted by molar-refractivity contribution is -0.384. The Kier molecular flexibility index (Phi) is 3.76. The highest BCUT2D eigenvalue weighted by atomic mass is 19.1. The number of benzene rings is 1. The van der Waals surface area contributed by atoms with E-state index >= 15 is 0 Å². The highest BCUT2D eigenvalue weighted by Gasteiger charge is 2.21. The summed E-state index contributed by atoms with van der Waals surface area (Å²) < 4.78 is 13.0. The number of hydrogen-bond donors (Lipinski definition) is 1. The fraction of sp³-hybridized carbons (Fsp3) is 0.500. The van der Waals surface area contributed by atoms with Crippen LogP contribution in [0.1, 0.15) is 12.8 Å². The number of hydrogen-bond acceptors (Lipinski definition) is 4. The molecule has 1 N–H and O–H groups in total. The molecule has 1 aliphatic heterocycles. The average molecular weight is 253 g/mol. The third-order valence-corrected chi connectivity index (χ3v) is 3.20. The molecule has 5 nitrogen and oxygen atoms in total. The van der Waals surface area contributed by atoms with Crippen LogP contribution < -0.4 is 10.2 Å². The minimum atomic E-state index is -0.585. The summed E-state index contributed by atoms with van der Waals surface area (Å²) in [6, 6.07) is 4.02. The van der Waals surface area contributed by atoms with E-state index in [0.29, 0.717) is 18.3 Å². The normalized spacial score (nSPS) is 18.9. The molecular formula is C12H16FN3O2. The first-order valence-corrected chi connectivity index (χ1v) is 5.96. The van der Waals surface area contributed by atoms with Crippen LogP contribution >= 0.6 is 0 Å². The van der Waals surface area contributed by atoms with Crippen LogP contribution in [0.25, 0.3) is 0 Å². The highest BCUT2D eigenvalue weighted by molar-refractivity contribution is 5.62. The van der Waals surface area contributed by atoms with Gasteiger partial charge in [0.15, 0.2) is 0 Å². The van der Waals surface area contributed by atoms with Crippen molar-refractivity contribution in [2.24, 2.45) is 0 Å². The molecule has 0 saturated carbocycles. The smallest absolute Gasteiger partial charge is 0.295 e. The van der Waals surface area contributed by atoms with Gasteiger partial charge in [-0.25, -0.2) is 4.39 Å². The van der Waals surface area contributed by atoms with E-state index in [0.717, 1.165) is 25.5 Å². The molecule has 0 spiro atoms. The Morgan fingerprint density at radius 2 is 2.39 bits per heavy atom. The Morgan fingerprint density at radius 1 is 1.61 bits per heavy atom. The van der Waals surface area contributed by atoms with Crippen LogP contribution in [0.4, 0.5) is 15.8 Å². The number of nitrogens with zero attached hydrogens (tertiary/aromatic N) is 2. The van der Waals surface area contributed by atoms with Gasteiger partial charge in [-0.3, -0.25) is 10.1 Å². The minimum absolute atomic E-state index is 0.185. The molecule has 0 radical (unpaired) electrons. The van der Waals surface area contributed by atoms with Gasteiger partial charge in [0.1, 0.15) is 11.5 Å². The van der Waals surface area contributed by atoms with E-state index in [4.69, 9.17) is 0 Å². The van der Waals surface area contributed by atoms with E-state index in [-0.39, 0.29) is 5.69 Å². The van der Waals surface area contributed by atoms with E-state index < -0.39 is 10.7 Å². The van der Waals surface area contributed by atoms with Crippen LogP contribution in [0.15, 0.2) is 18.2 Å².